The van der Waals surface area contributed by atoms with Gasteiger partial charge >= 0.3 is 5.97 Å². The van der Waals surface area contributed by atoms with Crippen molar-refractivity contribution in [3.8, 4) is 0 Å². The molecule has 0 aliphatic heterocycles. The molecule has 82 valence electrons. The molecule has 0 aliphatic carbocycles. The van der Waals surface area contributed by atoms with E-state index in [2.05, 4.69) is 5.32 Å². The summed E-state index contributed by atoms with van der Waals surface area (Å²) in [4.78, 5) is 11.3. The van der Waals surface area contributed by atoms with E-state index in [9.17, 15) is 4.79 Å². The van der Waals surface area contributed by atoms with Crippen molar-refractivity contribution in [3.05, 3.63) is 35.9 Å². The Labute approximate surface area is 90.4 Å². The number of hydrogen-bond donors (Lipinski definition) is 1. The van der Waals surface area contributed by atoms with Crippen LogP contribution in [0.3, 0.4) is 0 Å². The van der Waals surface area contributed by atoms with Crippen molar-refractivity contribution >= 4 is 5.97 Å². The molecule has 0 aromatic heterocycles. The van der Waals surface area contributed by atoms with E-state index in [1.165, 1.54) is 0 Å². The van der Waals surface area contributed by atoms with Gasteiger partial charge in [0.2, 0.25) is 0 Å². The predicted molar refractivity (Wildman–Crippen MR) is 59.5 cm³/mol. The summed E-state index contributed by atoms with van der Waals surface area (Å²) in [5.74, 6) is -0.215. The van der Waals surface area contributed by atoms with Crippen molar-refractivity contribution in [2.24, 2.45) is 0 Å². The van der Waals surface area contributed by atoms with Gasteiger partial charge in [-0.1, -0.05) is 37.3 Å². The third-order valence-corrected chi connectivity index (χ3v) is 2.10. The molecule has 3 heteroatoms. The first-order valence-corrected chi connectivity index (χ1v) is 5.19. The number of carbonyl (C=O) groups excluding carboxylic acids is 1. The van der Waals surface area contributed by atoms with Crippen molar-refractivity contribution in [1.29, 1.82) is 0 Å². The molecule has 3 nitrogen and oxygen atoms in total. The van der Waals surface area contributed by atoms with Crippen LogP contribution < -0.4 is 5.32 Å². The van der Waals surface area contributed by atoms with Gasteiger partial charge in [-0.25, -0.2) is 0 Å². The van der Waals surface area contributed by atoms with E-state index in [0.29, 0.717) is 0 Å². The molecule has 0 saturated carbocycles. The number of rotatable bonds is 5. The molecule has 0 heterocycles. The molecule has 1 rings (SSSR count). The normalized spacial score (nSPS) is 12.1. The molecule has 0 aliphatic rings. The van der Waals surface area contributed by atoms with Crippen LogP contribution in [0.5, 0.6) is 0 Å². The number of hydrogen-bond acceptors (Lipinski definition) is 3. The lowest BCUT2D eigenvalue weighted by atomic mass is 10.1. The first-order valence-electron chi connectivity index (χ1n) is 5.19. The number of ether oxygens (including phenoxy) is 1. The van der Waals surface area contributed by atoms with Crippen molar-refractivity contribution in [2.75, 3.05) is 13.1 Å². The summed E-state index contributed by atoms with van der Waals surface area (Å²) in [6.07, 6.45) is -0.183. The van der Waals surface area contributed by atoms with Crippen LogP contribution >= 0.6 is 0 Å². The number of nitrogens with one attached hydrogen (secondary N) is 1. The highest BCUT2D eigenvalue weighted by Crippen LogP contribution is 2.15. The molecule has 1 unspecified atom stereocenters. The monoisotopic (exact) mass is 207 g/mol. The first kappa shape index (κ1) is 11.7. The second-order valence-electron chi connectivity index (χ2n) is 3.32. The highest BCUT2D eigenvalue weighted by Gasteiger charge is 2.09. The fourth-order valence-electron chi connectivity index (χ4n) is 1.26. The summed E-state index contributed by atoms with van der Waals surface area (Å²) >= 11 is 0. The molecule has 0 spiro atoms. The second-order valence-corrected chi connectivity index (χ2v) is 3.32. The van der Waals surface area contributed by atoms with Gasteiger partial charge in [0.15, 0.2) is 0 Å². The van der Waals surface area contributed by atoms with E-state index in [1.54, 1.807) is 0 Å². The van der Waals surface area contributed by atoms with Crippen molar-refractivity contribution < 1.29 is 9.53 Å². The standard InChI is InChI=1S/C12H17NO2/c1-3-13-9-12(14)15-10(2)11-7-5-4-6-8-11/h4-8,10,13H,3,9H2,1-2H3. The molecular weight excluding hydrogens is 190 g/mol. The summed E-state index contributed by atoms with van der Waals surface area (Å²) in [6.45, 7) is 4.87. The van der Waals surface area contributed by atoms with Crippen LogP contribution in [0.1, 0.15) is 25.5 Å². The van der Waals surface area contributed by atoms with Crippen LogP contribution in [0, 0.1) is 0 Å². The fourth-order valence-corrected chi connectivity index (χ4v) is 1.26. The summed E-state index contributed by atoms with van der Waals surface area (Å²) in [5.41, 5.74) is 1.02. The quantitative estimate of drug-likeness (QED) is 0.749. The van der Waals surface area contributed by atoms with Crippen LogP contribution in [0.4, 0.5) is 0 Å². The smallest absolute Gasteiger partial charge is 0.320 e. The lowest BCUT2D eigenvalue weighted by molar-refractivity contribution is -0.147. The van der Waals surface area contributed by atoms with Gasteiger partial charge in [0.25, 0.3) is 0 Å². The maximum Gasteiger partial charge on any atom is 0.320 e. The van der Waals surface area contributed by atoms with Crippen LogP contribution in [-0.2, 0) is 9.53 Å². The van der Waals surface area contributed by atoms with Crippen molar-refractivity contribution in [1.82, 2.24) is 5.32 Å². The molecule has 15 heavy (non-hydrogen) atoms. The Kier molecular flexibility index (Phi) is 4.84. The molecule has 0 fully saturated rings. The summed E-state index contributed by atoms with van der Waals surface area (Å²) < 4.78 is 5.24. The van der Waals surface area contributed by atoms with Gasteiger partial charge in [-0.2, -0.15) is 0 Å². The molecule has 0 saturated heterocycles. The maximum absolute atomic E-state index is 11.3. The second kappa shape index (κ2) is 6.19. The van der Waals surface area contributed by atoms with Crippen LogP contribution in [0.15, 0.2) is 30.3 Å². The van der Waals surface area contributed by atoms with E-state index < -0.39 is 0 Å². The minimum absolute atomic E-state index is 0.183. The van der Waals surface area contributed by atoms with Crippen LogP contribution in [0.2, 0.25) is 0 Å². The Hall–Kier alpha value is -1.35. The Bertz CT molecular complexity index is 298. The summed E-state index contributed by atoms with van der Waals surface area (Å²) in [7, 11) is 0. The Balaban J connectivity index is 2.42. The molecule has 1 aromatic carbocycles. The minimum Gasteiger partial charge on any atom is -0.457 e. The van der Waals surface area contributed by atoms with E-state index in [0.717, 1.165) is 12.1 Å². The van der Waals surface area contributed by atoms with E-state index in [-0.39, 0.29) is 18.6 Å². The molecule has 1 atom stereocenters. The Morgan fingerprint density at radius 1 is 1.40 bits per heavy atom. The zero-order valence-electron chi connectivity index (χ0n) is 9.19. The average Bonchev–Trinajstić information content (AvgIpc) is 2.27. The highest BCUT2D eigenvalue weighted by molar-refractivity contribution is 5.71. The van der Waals surface area contributed by atoms with Crippen molar-refractivity contribution in [2.45, 2.75) is 20.0 Å². The molecular formula is C12H17NO2. The minimum atomic E-state index is -0.215. The summed E-state index contributed by atoms with van der Waals surface area (Å²) in [6, 6.07) is 9.71. The molecule has 0 bridgehead atoms. The predicted octanol–water partition coefficient (Wildman–Crippen LogP) is 1.90. The Morgan fingerprint density at radius 2 is 2.07 bits per heavy atom. The van der Waals surface area contributed by atoms with Crippen LogP contribution in [-0.4, -0.2) is 19.1 Å². The zero-order valence-corrected chi connectivity index (χ0v) is 9.19. The maximum atomic E-state index is 11.3. The molecule has 0 radical (unpaired) electrons. The average molecular weight is 207 g/mol. The molecule has 1 N–H and O–H groups in total. The number of esters is 1. The number of carbonyl (C=O) groups is 1. The molecule has 1 aromatic rings. The topological polar surface area (TPSA) is 38.3 Å². The Morgan fingerprint density at radius 3 is 2.67 bits per heavy atom. The number of likely N-dealkylation sites (N-methyl/N-ethyl adjacent to an activating group) is 1. The highest BCUT2D eigenvalue weighted by atomic mass is 16.5. The van der Waals surface area contributed by atoms with E-state index >= 15 is 0 Å². The lowest BCUT2D eigenvalue weighted by Gasteiger charge is -2.13. The van der Waals surface area contributed by atoms with Gasteiger partial charge in [0.05, 0.1) is 6.54 Å². The summed E-state index contributed by atoms with van der Waals surface area (Å²) in [5, 5.41) is 2.93. The van der Waals surface area contributed by atoms with Gasteiger partial charge < -0.3 is 10.1 Å². The lowest BCUT2D eigenvalue weighted by Crippen LogP contribution is -2.25. The third-order valence-electron chi connectivity index (χ3n) is 2.10. The van der Waals surface area contributed by atoms with Crippen molar-refractivity contribution in [3.63, 3.8) is 0 Å². The first-order chi connectivity index (χ1) is 7.24. The van der Waals surface area contributed by atoms with E-state index in [1.807, 2.05) is 44.2 Å². The molecule has 0 amide bonds. The van der Waals surface area contributed by atoms with E-state index in [4.69, 9.17) is 4.74 Å². The van der Waals surface area contributed by atoms with Gasteiger partial charge in [-0.15, -0.1) is 0 Å². The van der Waals surface area contributed by atoms with Crippen LogP contribution in [0.25, 0.3) is 0 Å². The largest absolute Gasteiger partial charge is 0.457 e. The van der Waals surface area contributed by atoms with Gasteiger partial charge in [0, 0.05) is 0 Å². The fraction of sp³-hybridized carbons (Fsp3) is 0.417. The SMILES string of the molecule is CCNCC(=O)OC(C)c1ccccc1. The van der Waals surface area contributed by atoms with Gasteiger partial charge in [-0.3, -0.25) is 4.79 Å². The number of benzene rings is 1. The zero-order chi connectivity index (χ0) is 11.1. The van der Waals surface area contributed by atoms with Gasteiger partial charge in [-0.05, 0) is 19.0 Å². The third kappa shape index (κ3) is 4.13. The van der Waals surface area contributed by atoms with Gasteiger partial charge in [0.1, 0.15) is 6.10 Å².